The summed E-state index contributed by atoms with van der Waals surface area (Å²) in [4.78, 5) is 22.0. The van der Waals surface area contributed by atoms with Crippen molar-refractivity contribution in [1.82, 2.24) is 5.06 Å². The molecule has 0 saturated heterocycles. The Hall–Kier alpha value is -3.59. The predicted molar refractivity (Wildman–Crippen MR) is 128 cm³/mol. The average Bonchev–Trinajstić information content (AvgIpc) is 3.16. The van der Waals surface area contributed by atoms with Gasteiger partial charge >= 0.3 is 0 Å². The van der Waals surface area contributed by atoms with Crippen molar-refractivity contribution in [3.8, 4) is 17.2 Å². The van der Waals surface area contributed by atoms with Gasteiger partial charge in [-0.3, -0.25) is 10.2 Å². The zero-order valence-corrected chi connectivity index (χ0v) is 19.7. The van der Waals surface area contributed by atoms with E-state index in [-0.39, 0.29) is 11.4 Å². The van der Waals surface area contributed by atoms with Crippen LogP contribution in [0.2, 0.25) is 0 Å². The molecule has 2 aliphatic rings. The minimum Gasteiger partial charge on any atom is -0.490 e. The van der Waals surface area contributed by atoms with E-state index in [1.165, 1.54) is 5.06 Å². The number of aliphatic imine (C=N–C) groups is 1. The topological polar surface area (TPSA) is 93.4 Å². The van der Waals surface area contributed by atoms with Gasteiger partial charge in [-0.15, -0.1) is 5.06 Å². The van der Waals surface area contributed by atoms with Crippen LogP contribution in [0.1, 0.15) is 19.4 Å². The van der Waals surface area contributed by atoms with Crippen LogP contribution in [-0.2, 0) is 9.63 Å². The molecule has 2 aromatic rings. The van der Waals surface area contributed by atoms with Crippen molar-refractivity contribution in [1.29, 1.82) is 5.41 Å². The van der Waals surface area contributed by atoms with Gasteiger partial charge in [0.15, 0.2) is 23.2 Å². The van der Waals surface area contributed by atoms with Gasteiger partial charge in [0, 0.05) is 6.08 Å². The third-order valence-electron chi connectivity index (χ3n) is 4.66. The Bertz CT molecular complexity index is 1170. The van der Waals surface area contributed by atoms with Gasteiger partial charge in [-0.05, 0) is 65.7 Å². The summed E-state index contributed by atoms with van der Waals surface area (Å²) < 4.78 is 18.0. The fourth-order valence-corrected chi connectivity index (χ4v) is 3.84. The highest BCUT2D eigenvalue weighted by molar-refractivity contribution is 9.10. The molecule has 1 N–H and O–H groups in total. The van der Waals surface area contributed by atoms with Crippen LogP contribution in [0.3, 0.4) is 0 Å². The number of carbonyl (C=O) groups is 1. The van der Waals surface area contributed by atoms with Crippen LogP contribution in [0.25, 0.3) is 6.08 Å². The number of nitrogens with zero attached hydrogens (tertiary/aromatic N) is 2. The van der Waals surface area contributed by atoms with Gasteiger partial charge < -0.3 is 19.0 Å². The van der Waals surface area contributed by atoms with Gasteiger partial charge in [0.25, 0.3) is 5.91 Å². The largest absolute Gasteiger partial charge is 0.490 e. The molecule has 2 aliphatic heterocycles. The Morgan fingerprint density at radius 3 is 2.67 bits per heavy atom. The summed E-state index contributed by atoms with van der Waals surface area (Å²) in [6.45, 7) is 4.71. The maximum absolute atomic E-state index is 12.5. The number of hydroxylamine groups is 2. The van der Waals surface area contributed by atoms with Crippen molar-refractivity contribution in [3.63, 3.8) is 0 Å². The zero-order chi connectivity index (χ0) is 23.4. The van der Waals surface area contributed by atoms with Crippen LogP contribution < -0.4 is 14.2 Å². The fourth-order valence-electron chi connectivity index (χ4n) is 3.26. The molecule has 2 heterocycles. The maximum Gasteiger partial charge on any atom is 0.282 e. The number of fused-ring (bicyclic) bond motifs is 1. The standard InChI is InChI=1S/C24H22BrN3O5/c1-3-30-20-14-16(12-18-23(26)28-21(27-24(18)29)11-15(2)33-28)13-19(25)22(20)32-10-9-31-17-7-5-4-6-8-17/h4-8,11-14,26H,3,9-10H2,1-2H3/b18-12+,26-23?. The monoisotopic (exact) mass is 511 g/mol. The smallest absolute Gasteiger partial charge is 0.282 e. The number of hydrogen-bond acceptors (Lipinski definition) is 6. The predicted octanol–water partition coefficient (Wildman–Crippen LogP) is 4.76. The number of amides is 1. The summed E-state index contributed by atoms with van der Waals surface area (Å²) in [5.41, 5.74) is 0.759. The van der Waals surface area contributed by atoms with Crippen LogP contribution >= 0.6 is 15.9 Å². The lowest BCUT2D eigenvalue weighted by Crippen LogP contribution is -2.38. The number of rotatable bonds is 8. The first-order valence-corrected chi connectivity index (χ1v) is 11.1. The number of amidine groups is 2. The van der Waals surface area contributed by atoms with Crippen molar-refractivity contribution < 1.29 is 23.8 Å². The first kappa shape index (κ1) is 22.6. The number of nitrogens with one attached hydrogen (secondary N) is 1. The van der Waals surface area contributed by atoms with E-state index in [4.69, 9.17) is 24.5 Å². The van der Waals surface area contributed by atoms with Crippen LogP contribution in [0.15, 0.2) is 69.3 Å². The summed E-state index contributed by atoms with van der Waals surface area (Å²) in [6, 6.07) is 13.0. The third kappa shape index (κ3) is 5.09. The van der Waals surface area contributed by atoms with E-state index >= 15 is 0 Å². The van der Waals surface area contributed by atoms with Crippen molar-refractivity contribution in [2.75, 3.05) is 19.8 Å². The minimum atomic E-state index is -0.506. The van der Waals surface area contributed by atoms with Gasteiger partial charge in [0.1, 0.15) is 24.7 Å². The molecule has 4 rings (SSSR count). The summed E-state index contributed by atoms with van der Waals surface area (Å²) in [6.07, 6.45) is 3.19. The summed E-state index contributed by atoms with van der Waals surface area (Å²) in [5, 5.41) is 9.60. The van der Waals surface area contributed by atoms with Crippen LogP contribution in [-0.4, -0.2) is 42.5 Å². The van der Waals surface area contributed by atoms with Gasteiger partial charge in [-0.2, -0.15) is 4.99 Å². The lowest BCUT2D eigenvalue weighted by atomic mass is 10.1. The highest BCUT2D eigenvalue weighted by atomic mass is 79.9. The first-order chi connectivity index (χ1) is 16.0. The number of hydrogen-bond donors (Lipinski definition) is 1. The number of allylic oxidation sites excluding steroid dienone is 1. The second-order valence-corrected chi connectivity index (χ2v) is 7.95. The van der Waals surface area contributed by atoms with E-state index in [1.54, 1.807) is 31.2 Å². The summed E-state index contributed by atoms with van der Waals surface area (Å²) >= 11 is 3.53. The molecule has 0 atom stereocenters. The molecule has 1 amide bonds. The van der Waals surface area contributed by atoms with Crippen LogP contribution in [0.5, 0.6) is 17.2 Å². The Morgan fingerprint density at radius 1 is 1.15 bits per heavy atom. The molecule has 2 aromatic carbocycles. The number of carbonyl (C=O) groups excluding carboxylic acids is 1. The lowest BCUT2D eigenvalue weighted by Gasteiger charge is -2.23. The normalized spacial score (nSPS) is 16.2. The fraction of sp³-hybridized carbons (Fsp3) is 0.208. The molecule has 33 heavy (non-hydrogen) atoms. The van der Waals surface area contributed by atoms with E-state index in [0.717, 1.165) is 5.75 Å². The van der Waals surface area contributed by atoms with Gasteiger partial charge in [-0.25, -0.2) is 0 Å². The minimum absolute atomic E-state index is 0.0782. The molecule has 0 spiro atoms. The number of benzene rings is 2. The molecule has 0 unspecified atom stereocenters. The Labute approximate surface area is 199 Å². The van der Waals surface area contributed by atoms with Crippen molar-refractivity contribution in [2.45, 2.75) is 13.8 Å². The highest BCUT2D eigenvalue weighted by Crippen LogP contribution is 2.38. The summed E-state index contributed by atoms with van der Waals surface area (Å²) in [5.74, 6) is 2.09. The van der Waals surface area contributed by atoms with E-state index in [2.05, 4.69) is 20.9 Å². The Morgan fingerprint density at radius 2 is 1.91 bits per heavy atom. The molecule has 0 saturated carbocycles. The molecule has 0 radical (unpaired) electrons. The molecule has 8 nitrogen and oxygen atoms in total. The van der Waals surface area contributed by atoms with Gasteiger partial charge in [-0.1, -0.05) is 18.2 Å². The quantitative estimate of drug-likeness (QED) is 0.405. The second-order valence-electron chi connectivity index (χ2n) is 7.10. The third-order valence-corrected chi connectivity index (χ3v) is 5.25. The summed E-state index contributed by atoms with van der Waals surface area (Å²) in [7, 11) is 0. The molecule has 0 fully saturated rings. The SMILES string of the molecule is CCOc1cc(/C=C2\C(=N)N3OC(C)=CC3=NC2=O)cc(Br)c1OCCOc1ccccc1. The Kier molecular flexibility index (Phi) is 6.79. The van der Waals surface area contributed by atoms with E-state index in [0.29, 0.717) is 53.0 Å². The lowest BCUT2D eigenvalue weighted by molar-refractivity contribution is -0.114. The van der Waals surface area contributed by atoms with Crippen molar-refractivity contribution in [2.24, 2.45) is 4.99 Å². The molecule has 0 aliphatic carbocycles. The number of para-hydroxylation sites is 1. The number of ether oxygens (including phenoxy) is 3. The van der Waals surface area contributed by atoms with Crippen LogP contribution in [0, 0.1) is 5.41 Å². The molecule has 0 aromatic heterocycles. The van der Waals surface area contributed by atoms with Gasteiger partial charge in [0.05, 0.1) is 16.7 Å². The molecule has 170 valence electrons. The molecular weight excluding hydrogens is 490 g/mol. The number of halogens is 1. The zero-order valence-electron chi connectivity index (χ0n) is 18.1. The first-order valence-electron chi connectivity index (χ1n) is 10.3. The van der Waals surface area contributed by atoms with E-state index in [1.807, 2.05) is 37.3 Å². The van der Waals surface area contributed by atoms with Crippen molar-refractivity contribution >= 4 is 39.6 Å². The van der Waals surface area contributed by atoms with E-state index < -0.39 is 5.91 Å². The van der Waals surface area contributed by atoms with Crippen molar-refractivity contribution in [3.05, 3.63) is 69.9 Å². The van der Waals surface area contributed by atoms with Gasteiger partial charge in [0.2, 0.25) is 0 Å². The van der Waals surface area contributed by atoms with Crippen LogP contribution in [0.4, 0.5) is 0 Å². The molecular formula is C24H22BrN3O5. The second kappa shape index (κ2) is 9.91. The van der Waals surface area contributed by atoms with E-state index in [9.17, 15) is 4.79 Å². The Balaban J connectivity index is 1.52. The molecule has 9 heteroatoms. The average molecular weight is 512 g/mol. The highest BCUT2D eigenvalue weighted by Gasteiger charge is 2.34. The maximum atomic E-state index is 12.5. The molecule has 0 bridgehead atoms.